The average Bonchev–Trinajstić information content (AvgIpc) is 3.13. The largest absolute Gasteiger partial charge is 0.452 e. The van der Waals surface area contributed by atoms with Crippen LogP contribution in [0.1, 0.15) is 28.8 Å². The number of hydrogen-bond acceptors (Lipinski definition) is 5. The van der Waals surface area contributed by atoms with E-state index in [0.717, 1.165) is 5.56 Å². The van der Waals surface area contributed by atoms with Gasteiger partial charge in [0.1, 0.15) is 0 Å². The molecule has 0 radical (unpaired) electrons. The normalized spacial score (nSPS) is 19.9. The van der Waals surface area contributed by atoms with Crippen LogP contribution >= 0.6 is 0 Å². The number of hydrogen-bond donors (Lipinski definition) is 1. The van der Waals surface area contributed by atoms with Crippen molar-refractivity contribution in [2.45, 2.75) is 25.0 Å². The first-order valence-electron chi connectivity index (χ1n) is 9.65. The fourth-order valence-electron chi connectivity index (χ4n) is 4.05. The highest BCUT2D eigenvalue weighted by molar-refractivity contribution is 6.15. The lowest BCUT2D eigenvalue weighted by atomic mass is 9.95. The van der Waals surface area contributed by atoms with Gasteiger partial charge in [-0.1, -0.05) is 42.5 Å². The zero-order valence-electron chi connectivity index (χ0n) is 16.5. The molecular formula is C22H21N3O5. The van der Waals surface area contributed by atoms with Gasteiger partial charge >= 0.3 is 5.97 Å². The molecule has 1 atom stereocenters. The molecule has 2 aromatic carbocycles. The number of fused-ring (bicyclic) bond motifs is 3. The topological polar surface area (TPSA) is 96.0 Å². The number of likely N-dealkylation sites (N-methyl/N-ethyl adjacent to an activating group) is 1. The molecule has 154 valence electrons. The summed E-state index contributed by atoms with van der Waals surface area (Å²) < 4.78 is 5.28. The van der Waals surface area contributed by atoms with E-state index in [0.29, 0.717) is 11.3 Å². The molecule has 4 rings (SSSR count). The number of ether oxygens (including phenoxy) is 1. The van der Waals surface area contributed by atoms with E-state index in [9.17, 15) is 19.2 Å². The molecule has 8 nitrogen and oxygen atoms in total. The van der Waals surface area contributed by atoms with Gasteiger partial charge in [-0.2, -0.15) is 0 Å². The van der Waals surface area contributed by atoms with Crippen LogP contribution in [0.25, 0.3) is 0 Å². The van der Waals surface area contributed by atoms with Crippen molar-refractivity contribution in [1.82, 2.24) is 10.2 Å². The third-order valence-electron chi connectivity index (χ3n) is 5.50. The summed E-state index contributed by atoms with van der Waals surface area (Å²) in [5.74, 6) is -1.91. The molecule has 1 fully saturated rings. The summed E-state index contributed by atoms with van der Waals surface area (Å²) in [6.45, 7) is -0.374. The number of amides is 3. The molecule has 1 N–H and O–H groups in total. The minimum atomic E-state index is -1.63. The Labute approximate surface area is 173 Å². The molecule has 0 aromatic heterocycles. The molecule has 0 spiro atoms. The van der Waals surface area contributed by atoms with Gasteiger partial charge in [-0.15, -0.1) is 0 Å². The van der Waals surface area contributed by atoms with E-state index in [-0.39, 0.29) is 31.2 Å². The Morgan fingerprint density at radius 3 is 2.50 bits per heavy atom. The first-order valence-corrected chi connectivity index (χ1v) is 9.65. The Kier molecular flexibility index (Phi) is 4.99. The van der Waals surface area contributed by atoms with Crippen molar-refractivity contribution in [2.75, 3.05) is 18.6 Å². The predicted molar refractivity (Wildman–Crippen MR) is 107 cm³/mol. The Balaban J connectivity index is 1.83. The van der Waals surface area contributed by atoms with Crippen LogP contribution in [0.15, 0.2) is 54.6 Å². The molecule has 0 bridgehead atoms. The van der Waals surface area contributed by atoms with Gasteiger partial charge in [0.15, 0.2) is 6.61 Å². The molecule has 8 heteroatoms. The lowest BCUT2D eigenvalue weighted by Gasteiger charge is -2.48. The maximum absolute atomic E-state index is 13.5. The summed E-state index contributed by atoms with van der Waals surface area (Å²) in [6, 6.07) is 15.9. The molecule has 2 aliphatic rings. The molecule has 2 aromatic rings. The van der Waals surface area contributed by atoms with E-state index in [1.165, 1.54) is 16.8 Å². The Morgan fingerprint density at radius 2 is 1.77 bits per heavy atom. The van der Waals surface area contributed by atoms with Gasteiger partial charge in [0.25, 0.3) is 11.8 Å². The second-order valence-corrected chi connectivity index (χ2v) is 7.19. The minimum absolute atomic E-state index is 0.0853. The molecule has 0 saturated carbocycles. The molecule has 3 amide bonds. The van der Waals surface area contributed by atoms with Crippen molar-refractivity contribution in [3.05, 3.63) is 65.7 Å². The van der Waals surface area contributed by atoms with Crippen LogP contribution in [-0.4, -0.2) is 47.9 Å². The fraction of sp³-hybridized carbons (Fsp3) is 0.273. The maximum atomic E-state index is 13.5. The number of carbonyl (C=O) groups excluding carboxylic acids is 4. The molecule has 0 aliphatic carbocycles. The summed E-state index contributed by atoms with van der Waals surface area (Å²) in [7, 11) is 1.43. The third-order valence-corrected chi connectivity index (χ3v) is 5.50. The lowest BCUT2D eigenvalue weighted by molar-refractivity contribution is -0.160. The fourth-order valence-corrected chi connectivity index (χ4v) is 4.05. The molecule has 30 heavy (non-hydrogen) atoms. The zero-order valence-corrected chi connectivity index (χ0v) is 16.5. The van der Waals surface area contributed by atoms with Crippen LogP contribution in [0.5, 0.6) is 0 Å². The van der Waals surface area contributed by atoms with Gasteiger partial charge in [0.2, 0.25) is 11.6 Å². The highest BCUT2D eigenvalue weighted by atomic mass is 16.5. The minimum Gasteiger partial charge on any atom is -0.452 e. The number of carbonyl (C=O) groups is 4. The Hall–Kier alpha value is -3.68. The monoisotopic (exact) mass is 407 g/mol. The number of nitrogens with one attached hydrogen (secondary N) is 1. The molecular weight excluding hydrogens is 386 g/mol. The van der Waals surface area contributed by atoms with Gasteiger partial charge in [-0.3, -0.25) is 19.3 Å². The van der Waals surface area contributed by atoms with Gasteiger partial charge < -0.3 is 15.0 Å². The van der Waals surface area contributed by atoms with Gasteiger partial charge in [0, 0.05) is 26.4 Å². The maximum Gasteiger partial charge on any atom is 0.354 e. The van der Waals surface area contributed by atoms with Gasteiger partial charge in [-0.25, -0.2) is 4.79 Å². The van der Waals surface area contributed by atoms with Gasteiger partial charge in [0.05, 0.1) is 11.3 Å². The molecule has 2 heterocycles. The summed E-state index contributed by atoms with van der Waals surface area (Å²) in [5, 5.41) is 2.39. The van der Waals surface area contributed by atoms with E-state index in [4.69, 9.17) is 4.74 Å². The third kappa shape index (κ3) is 3.01. The van der Waals surface area contributed by atoms with E-state index in [2.05, 4.69) is 5.32 Å². The number of benzene rings is 2. The van der Waals surface area contributed by atoms with Crippen molar-refractivity contribution < 1.29 is 23.9 Å². The van der Waals surface area contributed by atoms with E-state index >= 15 is 0 Å². The van der Waals surface area contributed by atoms with Crippen LogP contribution in [0.4, 0.5) is 5.69 Å². The highest BCUT2D eigenvalue weighted by Crippen LogP contribution is 2.45. The van der Waals surface area contributed by atoms with E-state index in [1.807, 2.05) is 30.3 Å². The standard InChI is InChI=1S/C22H21N3O5/c1-23-18(26)14-30-21(29)22-12-11-19(27)25(22)17-10-6-5-9-16(17)20(28)24(22)13-15-7-3-2-4-8-15/h2-10H,11-14H2,1H3,(H,23,26)/t22-/m0/s1. The predicted octanol–water partition coefficient (Wildman–Crippen LogP) is 1.45. The lowest BCUT2D eigenvalue weighted by Crippen LogP contribution is -2.68. The SMILES string of the molecule is CNC(=O)COC(=O)[C@]12CCC(=O)N1c1ccccc1C(=O)N2Cc1ccccc1. The zero-order chi connectivity index (χ0) is 21.3. The van der Waals surface area contributed by atoms with E-state index < -0.39 is 24.1 Å². The smallest absolute Gasteiger partial charge is 0.354 e. The summed E-state index contributed by atoms with van der Waals surface area (Å²) in [6.07, 6.45) is 0.174. The highest BCUT2D eigenvalue weighted by Gasteiger charge is 2.62. The second-order valence-electron chi connectivity index (χ2n) is 7.19. The van der Waals surface area contributed by atoms with E-state index in [1.54, 1.807) is 24.3 Å². The number of rotatable bonds is 5. The number of esters is 1. The van der Waals surface area contributed by atoms with Crippen molar-refractivity contribution in [3.63, 3.8) is 0 Å². The van der Waals surface area contributed by atoms with Gasteiger partial charge in [-0.05, 0) is 17.7 Å². The van der Waals surface area contributed by atoms with Crippen LogP contribution < -0.4 is 10.2 Å². The van der Waals surface area contributed by atoms with Crippen molar-refractivity contribution in [1.29, 1.82) is 0 Å². The van der Waals surface area contributed by atoms with Crippen LogP contribution in [0.3, 0.4) is 0 Å². The first kappa shape index (κ1) is 19.6. The number of para-hydroxylation sites is 1. The molecule has 1 saturated heterocycles. The average molecular weight is 407 g/mol. The van der Waals surface area contributed by atoms with Crippen molar-refractivity contribution >= 4 is 29.4 Å². The number of anilines is 1. The Morgan fingerprint density at radius 1 is 1.07 bits per heavy atom. The molecule has 2 aliphatic heterocycles. The summed E-state index contributed by atoms with van der Waals surface area (Å²) in [5.41, 5.74) is -0.0977. The van der Waals surface area contributed by atoms with Crippen LogP contribution in [0, 0.1) is 0 Å². The number of nitrogens with zero attached hydrogens (tertiary/aromatic N) is 2. The Bertz CT molecular complexity index is 1020. The van der Waals surface area contributed by atoms with Crippen LogP contribution in [0.2, 0.25) is 0 Å². The summed E-state index contributed by atoms with van der Waals surface area (Å²) in [4.78, 5) is 54.1. The van der Waals surface area contributed by atoms with Crippen molar-refractivity contribution in [3.8, 4) is 0 Å². The first-order chi connectivity index (χ1) is 14.5. The second kappa shape index (κ2) is 7.62. The summed E-state index contributed by atoms with van der Waals surface area (Å²) >= 11 is 0. The van der Waals surface area contributed by atoms with Crippen molar-refractivity contribution in [2.24, 2.45) is 0 Å². The quantitative estimate of drug-likeness (QED) is 0.757. The van der Waals surface area contributed by atoms with Crippen LogP contribution in [-0.2, 0) is 25.7 Å². The molecule has 0 unspecified atom stereocenters.